The molecule has 0 bridgehead atoms. The normalized spacial score (nSPS) is 20.9. The van der Waals surface area contributed by atoms with Crippen LogP contribution in [0.2, 0.25) is 0 Å². The van der Waals surface area contributed by atoms with Gasteiger partial charge in [-0.05, 0) is 41.3 Å². The molecule has 1 fully saturated rings. The van der Waals surface area contributed by atoms with E-state index in [1.807, 2.05) is 0 Å². The first-order valence-electron chi connectivity index (χ1n) is 5.56. The number of fused-ring (bicyclic) bond motifs is 1. The molecular formula is C11H11BrFN3O. The third-order valence-corrected chi connectivity index (χ3v) is 3.48. The minimum Gasteiger partial charge on any atom is -0.356 e. The van der Waals surface area contributed by atoms with Crippen molar-refractivity contribution in [2.75, 3.05) is 6.61 Å². The lowest BCUT2D eigenvalue weighted by Crippen LogP contribution is -2.19. The van der Waals surface area contributed by atoms with Gasteiger partial charge < -0.3 is 4.74 Å². The number of ether oxygens (including phenoxy) is 1. The van der Waals surface area contributed by atoms with E-state index in [0.717, 1.165) is 25.9 Å². The van der Waals surface area contributed by atoms with Crippen molar-refractivity contribution in [2.24, 2.45) is 0 Å². The van der Waals surface area contributed by atoms with Crippen molar-refractivity contribution in [3.8, 4) is 0 Å². The summed E-state index contributed by atoms with van der Waals surface area (Å²) in [6.07, 6.45) is 4.23. The van der Waals surface area contributed by atoms with E-state index in [0.29, 0.717) is 15.6 Å². The highest BCUT2D eigenvalue weighted by Crippen LogP contribution is 2.29. The molecule has 2 aromatic rings. The predicted molar refractivity (Wildman–Crippen MR) is 64.0 cm³/mol. The summed E-state index contributed by atoms with van der Waals surface area (Å²) in [6, 6.07) is 1.43. The van der Waals surface area contributed by atoms with Crippen molar-refractivity contribution >= 4 is 27.0 Å². The Hall–Kier alpha value is -1.01. The van der Waals surface area contributed by atoms with Gasteiger partial charge in [0.15, 0.2) is 11.9 Å². The van der Waals surface area contributed by atoms with Gasteiger partial charge in [0.1, 0.15) is 10.4 Å². The Balaban J connectivity index is 2.10. The zero-order valence-electron chi connectivity index (χ0n) is 9.07. The number of nitrogens with zero attached hydrogens (tertiary/aromatic N) is 3. The summed E-state index contributed by atoms with van der Waals surface area (Å²) in [4.78, 5) is 4.09. The van der Waals surface area contributed by atoms with E-state index in [9.17, 15) is 4.39 Å². The molecule has 0 aromatic carbocycles. The largest absolute Gasteiger partial charge is 0.356 e. The maximum Gasteiger partial charge on any atom is 0.161 e. The molecular weight excluding hydrogens is 289 g/mol. The average Bonchev–Trinajstić information content (AvgIpc) is 2.68. The maximum atomic E-state index is 13.1. The molecule has 0 amide bonds. The third-order valence-electron chi connectivity index (χ3n) is 2.90. The van der Waals surface area contributed by atoms with Gasteiger partial charge in [0.2, 0.25) is 0 Å². The molecule has 0 spiro atoms. The van der Waals surface area contributed by atoms with Crippen LogP contribution >= 0.6 is 15.9 Å². The first kappa shape index (κ1) is 11.1. The highest BCUT2D eigenvalue weighted by atomic mass is 79.9. The van der Waals surface area contributed by atoms with Crippen LogP contribution in [0.1, 0.15) is 25.5 Å². The van der Waals surface area contributed by atoms with Gasteiger partial charge in [-0.3, -0.25) is 0 Å². The van der Waals surface area contributed by atoms with E-state index in [4.69, 9.17) is 4.74 Å². The lowest BCUT2D eigenvalue weighted by atomic mass is 10.2. The molecule has 1 aliphatic heterocycles. The Labute approximate surface area is 106 Å². The third kappa shape index (κ3) is 1.95. The summed E-state index contributed by atoms with van der Waals surface area (Å²) in [5.41, 5.74) is 0.658. The second kappa shape index (κ2) is 4.34. The van der Waals surface area contributed by atoms with E-state index in [2.05, 4.69) is 26.0 Å². The van der Waals surface area contributed by atoms with Crippen molar-refractivity contribution in [2.45, 2.75) is 25.5 Å². The smallest absolute Gasteiger partial charge is 0.161 e. The monoisotopic (exact) mass is 299 g/mol. The molecule has 90 valence electrons. The molecule has 0 aliphatic carbocycles. The van der Waals surface area contributed by atoms with Crippen molar-refractivity contribution in [3.63, 3.8) is 0 Å². The molecule has 4 nitrogen and oxygen atoms in total. The van der Waals surface area contributed by atoms with Gasteiger partial charge in [-0.1, -0.05) is 0 Å². The fourth-order valence-corrected chi connectivity index (χ4v) is 2.54. The molecule has 17 heavy (non-hydrogen) atoms. The van der Waals surface area contributed by atoms with Gasteiger partial charge in [0, 0.05) is 6.61 Å². The van der Waals surface area contributed by atoms with E-state index in [1.165, 1.54) is 12.3 Å². The maximum absolute atomic E-state index is 13.1. The Kier molecular flexibility index (Phi) is 2.84. The Bertz CT molecular complexity index is 551. The Morgan fingerprint density at radius 1 is 1.47 bits per heavy atom. The molecule has 0 radical (unpaired) electrons. The molecule has 3 heterocycles. The quantitative estimate of drug-likeness (QED) is 0.812. The van der Waals surface area contributed by atoms with Crippen LogP contribution in [0.5, 0.6) is 0 Å². The van der Waals surface area contributed by atoms with Crippen LogP contribution in [0, 0.1) is 5.82 Å². The van der Waals surface area contributed by atoms with Crippen molar-refractivity contribution in [1.82, 2.24) is 14.8 Å². The minimum atomic E-state index is -0.359. The molecule has 0 N–H and O–H groups in total. The molecule has 0 saturated carbocycles. The number of hydrogen-bond donors (Lipinski definition) is 0. The molecule has 2 aromatic heterocycles. The fourth-order valence-electron chi connectivity index (χ4n) is 2.08. The van der Waals surface area contributed by atoms with Gasteiger partial charge in [0.05, 0.1) is 11.6 Å². The van der Waals surface area contributed by atoms with Crippen LogP contribution in [0.25, 0.3) is 11.0 Å². The summed E-state index contributed by atoms with van der Waals surface area (Å²) in [7, 11) is 0. The summed E-state index contributed by atoms with van der Waals surface area (Å²) >= 11 is 3.32. The lowest BCUT2D eigenvalue weighted by molar-refractivity contribution is -0.0371. The second-order valence-corrected chi connectivity index (χ2v) is 4.83. The van der Waals surface area contributed by atoms with Crippen molar-refractivity contribution in [1.29, 1.82) is 0 Å². The number of halogens is 2. The summed E-state index contributed by atoms with van der Waals surface area (Å²) in [5, 5.41) is 5.01. The molecule has 1 saturated heterocycles. The van der Waals surface area contributed by atoms with Crippen LogP contribution in [0.4, 0.5) is 4.39 Å². The van der Waals surface area contributed by atoms with Gasteiger partial charge in [-0.2, -0.15) is 5.10 Å². The average molecular weight is 300 g/mol. The number of aromatic nitrogens is 3. The standard InChI is InChI=1S/C11H11BrFN3O/c12-10-8-5-7(13)6-14-11(8)16(15-10)9-3-1-2-4-17-9/h5-6,9H,1-4H2. The number of pyridine rings is 1. The van der Waals surface area contributed by atoms with E-state index < -0.39 is 0 Å². The number of rotatable bonds is 1. The highest BCUT2D eigenvalue weighted by molar-refractivity contribution is 9.10. The van der Waals surface area contributed by atoms with Crippen molar-refractivity contribution in [3.05, 3.63) is 22.7 Å². The highest BCUT2D eigenvalue weighted by Gasteiger charge is 2.21. The van der Waals surface area contributed by atoms with Gasteiger partial charge in [-0.25, -0.2) is 14.1 Å². The second-order valence-electron chi connectivity index (χ2n) is 4.08. The minimum absolute atomic E-state index is 0.0875. The summed E-state index contributed by atoms with van der Waals surface area (Å²) < 4.78 is 21.1. The van der Waals surface area contributed by atoms with Crippen LogP contribution in [-0.4, -0.2) is 21.4 Å². The van der Waals surface area contributed by atoms with Crippen LogP contribution < -0.4 is 0 Å². The van der Waals surface area contributed by atoms with Gasteiger partial charge in [-0.15, -0.1) is 0 Å². The topological polar surface area (TPSA) is 39.9 Å². The summed E-state index contributed by atoms with van der Waals surface area (Å²) in [6.45, 7) is 0.741. The SMILES string of the molecule is Fc1cnc2c(c1)c(Br)nn2C1CCCCO1. The predicted octanol–water partition coefficient (Wildman–Crippen LogP) is 3.03. The van der Waals surface area contributed by atoms with Gasteiger partial charge in [0.25, 0.3) is 0 Å². The van der Waals surface area contributed by atoms with E-state index in [1.54, 1.807) is 4.68 Å². The first-order valence-corrected chi connectivity index (χ1v) is 6.36. The van der Waals surface area contributed by atoms with E-state index >= 15 is 0 Å². The Morgan fingerprint density at radius 3 is 3.12 bits per heavy atom. The summed E-state index contributed by atoms with van der Waals surface area (Å²) in [5.74, 6) is -0.359. The zero-order chi connectivity index (χ0) is 11.8. The molecule has 1 atom stereocenters. The van der Waals surface area contributed by atoms with Crippen LogP contribution in [0.3, 0.4) is 0 Å². The van der Waals surface area contributed by atoms with Crippen LogP contribution in [-0.2, 0) is 4.74 Å². The van der Waals surface area contributed by atoms with Crippen LogP contribution in [0.15, 0.2) is 16.9 Å². The Morgan fingerprint density at radius 2 is 2.35 bits per heavy atom. The lowest BCUT2D eigenvalue weighted by Gasteiger charge is -2.22. The van der Waals surface area contributed by atoms with Crippen molar-refractivity contribution < 1.29 is 9.13 Å². The van der Waals surface area contributed by atoms with Gasteiger partial charge >= 0.3 is 0 Å². The molecule has 1 aliphatic rings. The zero-order valence-corrected chi connectivity index (χ0v) is 10.7. The number of hydrogen-bond acceptors (Lipinski definition) is 3. The van der Waals surface area contributed by atoms with E-state index in [-0.39, 0.29) is 12.0 Å². The molecule has 3 rings (SSSR count). The fraction of sp³-hybridized carbons (Fsp3) is 0.455. The molecule has 6 heteroatoms. The first-order chi connectivity index (χ1) is 8.25. The molecule has 1 unspecified atom stereocenters.